The molecule has 4 rings (SSSR count). The molecule has 0 aliphatic heterocycles. The van der Waals surface area contributed by atoms with Gasteiger partial charge in [-0.15, -0.1) is 0 Å². The number of hydrogen-bond donors (Lipinski definition) is 3. The van der Waals surface area contributed by atoms with Gasteiger partial charge in [0.15, 0.2) is 0 Å². The number of para-hydroxylation sites is 2. The smallest absolute Gasteiger partial charge is 0.262 e. The highest BCUT2D eigenvalue weighted by atomic mass is 32.2. The SMILES string of the molecule is COc1ccccc1NS(=O)(=O)c1ccc(C(=O)Nc2ccc(F)c(NC(=O)C3CC3)c2)cc1. The van der Waals surface area contributed by atoms with E-state index in [0.29, 0.717) is 5.75 Å². The number of hydrogen-bond acceptors (Lipinski definition) is 5. The molecule has 0 aromatic heterocycles. The minimum absolute atomic E-state index is 0.0152. The number of amides is 2. The molecule has 3 aromatic carbocycles. The van der Waals surface area contributed by atoms with Crippen molar-refractivity contribution in [3.63, 3.8) is 0 Å². The lowest BCUT2D eigenvalue weighted by Crippen LogP contribution is -2.16. The van der Waals surface area contributed by atoms with Crippen molar-refractivity contribution in [2.24, 2.45) is 5.92 Å². The van der Waals surface area contributed by atoms with Crippen LogP contribution >= 0.6 is 0 Å². The first kappa shape index (κ1) is 23.2. The van der Waals surface area contributed by atoms with Crippen LogP contribution < -0.4 is 20.1 Å². The Kier molecular flexibility index (Phi) is 6.51. The molecule has 10 heteroatoms. The highest BCUT2D eigenvalue weighted by molar-refractivity contribution is 7.92. The average molecular weight is 484 g/mol. The number of carbonyl (C=O) groups is 2. The van der Waals surface area contributed by atoms with Crippen LogP contribution in [0.3, 0.4) is 0 Å². The summed E-state index contributed by atoms with van der Waals surface area (Å²) < 4.78 is 47.1. The molecule has 1 saturated carbocycles. The molecule has 176 valence electrons. The van der Waals surface area contributed by atoms with Crippen LogP contribution in [0.15, 0.2) is 71.6 Å². The first-order valence-electron chi connectivity index (χ1n) is 10.4. The maximum Gasteiger partial charge on any atom is 0.262 e. The van der Waals surface area contributed by atoms with Gasteiger partial charge < -0.3 is 15.4 Å². The molecule has 3 N–H and O–H groups in total. The Morgan fingerprint density at radius 1 is 0.941 bits per heavy atom. The van der Waals surface area contributed by atoms with Gasteiger partial charge in [0.25, 0.3) is 15.9 Å². The Balaban J connectivity index is 1.45. The summed E-state index contributed by atoms with van der Waals surface area (Å²) in [5.41, 5.74) is 0.752. The maximum absolute atomic E-state index is 14.0. The zero-order valence-corrected chi connectivity index (χ0v) is 19.0. The van der Waals surface area contributed by atoms with Gasteiger partial charge in [-0.1, -0.05) is 12.1 Å². The van der Waals surface area contributed by atoms with Crippen LogP contribution in [0.25, 0.3) is 0 Å². The first-order chi connectivity index (χ1) is 16.3. The maximum atomic E-state index is 14.0. The van der Waals surface area contributed by atoms with E-state index in [-0.39, 0.29) is 39.3 Å². The van der Waals surface area contributed by atoms with Crippen LogP contribution in [0.2, 0.25) is 0 Å². The van der Waals surface area contributed by atoms with E-state index in [9.17, 15) is 22.4 Å². The quantitative estimate of drug-likeness (QED) is 0.444. The Labute approximate surface area is 196 Å². The number of methoxy groups -OCH3 is 1. The Morgan fingerprint density at radius 2 is 1.65 bits per heavy atom. The van der Waals surface area contributed by atoms with Gasteiger partial charge in [-0.3, -0.25) is 14.3 Å². The molecule has 0 saturated heterocycles. The van der Waals surface area contributed by atoms with Crippen LogP contribution in [0, 0.1) is 11.7 Å². The molecular weight excluding hydrogens is 461 g/mol. The molecule has 34 heavy (non-hydrogen) atoms. The summed E-state index contributed by atoms with van der Waals surface area (Å²) in [5, 5.41) is 5.15. The van der Waals surface area contributed by atoms with Gasteiger partial charge in [0.1, 0.15) is 11.6 Å². The van der Waals surface area contributed by atoms with E-state index in [4.69, 9.17) is 4.74 Å². The van der Waals surface area contributed by atoms with E-state index in [1.165, 1.54) is 43.5 Å². The third kappa shape index (κ3) is 5.34. The third-order valence-corrected chi connectivity index (χ3v) is 6.59. The predicted octanol–water partition coefficient (Wildman–Crippen LogP) is 4.24. The minimum atomic E-state index is -3.91. The summed E-state index contributed by atoms with van der Waals surface area (Å²) in [5.74, 6) is -1.10. The number of halogens is 1. The summed E-state index contributed by atoms with van der Waals surface area (Å²) in [6, 6.07) is 15.8. The van der Waals surface area contributed by atoms with Crippen molar-refractivity contribution in [1.29, 1.82) is 0 Å². The van der Waals surface area contributed by atoms with E-state index in [2.05, 4.69) is 15.4 Å². The lowest BCUT2D eigenvalue weighted by molar-refractivity contribution is -0.117. The van der Waals surface area contributed by atoms with Crippen LogP contribution in [0.5, 0.6) is 5.75 Å². The molecule has 0 unspecified atom stereocenters. The average Bonchev–Trinajstić information content (AvgIpc) is 3.67. The van der Waals surface area contributed by atoms with Crippen LogP contribution in [0.4, 0.5) is 21.5 Å². The van der Waals surface area contributed by atoms with E-state index in [0.717, 1.165) is 18.9 Å². The highest BCUT2D eigenvalue weighted by Crippen LogP contribution is 2.31. The van der Waals surface area contributed by atoms with Crippen molar-refractivity contribution in [2.45, 2.75) is 17.7 Å². The summed E-state index contributed by atoms with van der Waals surface area (Å²) in [6.45, 7) is 0. The molecule has 0 spiro atoms. The Morgan fingerprint density at radius 3 is 2.32 bits per heavy atom. The van der Waals surface area contributed by atoms with Gasteiger partial charge >= 0.3 is 0 Å². The van der Waals surface area contributed by atoms with Gasteiger partial charge in [0.05, 0.1) is 23.4 Å². The summed E-state index contributed by atoms with van der Waals surface area (Å²) >= 11 is 0. The monoisotopic (exact) mass is 483 g/mol. The normalized spacial score (nSPS) is 13.1. The van der Waals surface area contributed by atoms with Gasteiger partial charge in [-0.25, -0.2) is 12.8 Å². The zero-order valence-electron chi connectivity index (χ0n) is 18.2. The molecule has 0 bridgehead atoms. The van der Waals surface area contributed by atoms with Crippen molar-refractivity contribution in [1.82, 2.24) is 0 Å². The minimum Gasteiger partial charge on any atom is -0.495 e. The number of ether oxygens (including phenoxy) is 1. The second-order valence-electron chi connectivity index (χ2n) is 7.74. The van der Waals surface area contributed by atoms with E-state index >= 15 is 0 Å². The number of rotatable bonds is 8. The first-order valence-corrected chi connectivity index (χ1v) is 11.9. The van der Waals surface area contributed by atoms with E-state index in [1.807, 2.05) is 0 Å². The molecule has 1 fully saturated rings. The number of anilines is 3. The standard InChI is InChI=1S/C24H22FN3O5S/c1-33-22-5-3-2-4-20(22)28-34(31,32)18-11-8-16(9-12-18)23(29)26-17-10-13-19(25)21(14-17)27-24(30)15-6-7-15/h2-5,8-15,28H,6-7H2,1H3,(H,26,29)(H,27,30). The molecule has 0 atom stereocenters. The van der Waals surface area contributed by atoms with Crippen molar-refractivity contribution in [3.05, 3.63) is 78.1 Å². The molecular formula is C24H22FN3O5S. The topological polar surface area (TPSA) is 114 Å². The van der Waals surface area contributed by atoms with Crippen molar-refractivity contribution in [3.8, 4) is 5.75 Å². The molecule has 0 heterocycles. The number of benzene rings is 3. The molecule has 0 radical (unpaired) electrons. The second-order valence-corrected chi connectivity index (χ2v) is 9.42. The molecule has 1 aliphatic carbocycles. The zero-order chi connectivity index (χ0) is 24.3. The fraction of sp³-hybridized carbons (Fsp3) is 0.167. The number of nitrogens with one attached hydrogen (secondary N) is 3. The molecule has 8 nitrogen and oxygen atoms in total. The summed E-state index contributed by atoms with van der Waals surface area (Å²) in [6.07, 6.45) is 1.56. The van der Waals surface area contributed by atoms with Crippen LogP contribution in [-0.4, -0.2) is 27.3 Å². The lowest BCUT2D eigenvalue weighted by Gasteiger charge is -2.12. The largest absolute Gasteiger partial charge is 0.495 e. The predicted molar refractivity (Wildman–Crippen MR) is 126 cm³/mol. The Hall–Kier alpha value is -3.92. The van der Waals surface area contributed by atoms with Gasteiger partial charge in [0, 0.05) is 17.2 Å². The fourth-order valence-corrected chi connectivity index (χ4v) is 4.27. The number of sulfonamides is 1. The van der Waals surface area contributed by atoms with Crippen molar-refractivity contribution >= 4 is 38.9 Å². The van der Waals surface area contributed by atoms with Crippen molar-refractivity contribution in [2.75, 3.05) is 22.5 Å². The van der Waals surface area contributed by atoms with E-state index in [1.54, 1.807) is 24.3 Å². The van der Waals surface area contributed by atoms with Crippen molar-refractivity contribution < 1.29 is 27.1 Å². The lowest BCUT2D eigenvalue weighted by atomic mass is 10.2. The van der Waals surface area contributed by atoms with Crippen LogP contribution in [0.1, 0.15) is 23.2 Å². The van der Waals surface area contributed by atoms with Gasteiger partial charge in [-0.05, 0) is 67.4 Å². The Bertz CT molecular complexity index is 1340. The van der Waals surface area contributed by atoms with Crippen LogP contribution in [-0.2, 0) is 14.8 Å². The fourth-order valence-electron chi connectivity index (χ4n) is 3.20. The molecule has 1 aliphatic rings. The summed E-state index contributed by atoms with van der Waals surface area (Å²) in [4.78, 5) is 24.5. The highest BCUT2D eigenvalue weighted by Gasteiger charge is 2.30. The third-order valence-electron chi connectivity index (χ3n) is 5.21. The van der Waals surface area contributed by atoms with Gasteiger partial charge in [0.2, 0.25) is 5.91 Å². The van der Waals surface area contributed by atoms with Gasteiger partial charge in [-0.2, -0.15) is 0 Å². The number of carbonyl (C=O) groups excluding carboxylic acids is 2. The van der Waals surface area contributed by atoms with E-state index < -0.39 is 21.7 Å². The second kappa shape index (κ2) is 9.52. The summed E-state index contributed by atoms with van der Waals surface area (Å²) in [7, 11) is -2.48. The molecule has 2 amide bonds. The molecule has 3 aromatic rings.